The third-order valence-corrected chi connectivity index (χ3v) is 2.55. The summed E-state index contributed by atoms with van der Waals surface area (Å²) in [7, 11) is 0. The quantitative estimate of drug-likeness (QED) is 0.618. The van der Waals surface area contributed by atoms with Gasteiger partial charge >= 0.3 is 5.97 Å². The zero-order valence-electron chi connectivity index (χ0n) is 9.24. The highest BCUT2D eigenvalue weighted by Gasteiger charge is 2.20. The van der Waals surface area contributed by atoms with E-state index in [1.54, 1.807) is 6.26 Å². The Morgan fingerprint density at radius 3 is 2.47 bits per heavy atom. The number of thioether (sulfide) groups is 1. The zero-order valence-corrected chi connectivity index (χ0v) is 10.1. The zero-order chi connectivity index (χ0) is 11.6. The molecule has 0 saturated carbocycles. The van der Waals surface area contributed by atoms with Crippen molar-refractivity contribution in [2.45, 2.75) is 31.2 Å². The van der Waals surface area contributed by atoms with Crippen molar-refractivity contribution in [2.24, 2.45) is 0 Å². The van der Waals surface area contributed by atoms with Crippen molar-refractivity contribution in [3.63, 3.8) is 0 Å². The van der Waals surface area contributed by atoms with Gasteiger partial charge in [-0.2, -0.15) is 0 Å². The smallest absolute Gasteiger partial charge is 0.340 e. The van der Waals surface area contributed by atoms with Gasteiger partial charge in [-0.05, 0) is 6.26 Å². The monoisotopic (exact) mass is 226 g/mol. The largest absolute Gasteiger partial charge is 0.478 e. The Morgan fingerprint density at radius 1 is 1.47 bits per heavy atom. The van der Waals surface area contributed by atoms with Crippen LogP contribution in [0.3, 0.4) is 0 Å². The van der Waals surface area contributed by atoms with Crippen molar-refractivity contribution in [1.82, 2.24) is 9.97 Å². The third kappa shape index (κ3) is 2.68. The highest BCUT2D eigenvalue weighted by Crippen LogP contribution is 2.23. The van der Waals surface area contributed by atoms with Crippen LogP contribution in [-0.4, -0.2) is 27.3 Å². The van der Waals surface area contributed by atoms with Gasteiger partial charge < -0.3 is 5.11 Å². The summed E-state index contributed by atoms with van der Waals surface area (Å²) in [5.74, 6) is -0.323. The summed E-state index contributed by atoms with van der Waals surface area (Å²) in [5, 5.41) is 9.41. The van der Waals surface area contributed by atoms with Crippen LogP contribution >= 0.6 is 11.8 Å². The molecule has 0 aliphatic carbocycles. The maximum Gasteiger partial charge on any atom is 0.340 e. The standard InChI is InChI=1S/C10H14N2O2S/c1-10(2,3)9-11-5-6(8(13)14)7(12-9)15-4/h5H,1-4H3,(H,13,14). The first-order chi connectivity index (χ1) is 6.86. The second-order valence-electron chi connectivity index (χ2n) is 4.17. The number of rotatable bonds is 2. The molecule has 0 saturated heterocycles. The highest BCUT2D eigenvalue weighted by atomic mass is 32.2. The van der Waals surface area contributed by atoms with Crippen molar-refractivity contribution in [3.8, 4) is 0 Å². The number of carboxylic acid groups (broad SMARTS) is 1. The number of carboxylic acids is 1. The van der Waals surface area contributed by atoms with E-state index >= 15 is 0 Å². The lowest BCUT2D eigenvalue weighted by Gasteiger charge is -2.17. The fourth-order valence-electron chi connectivity index (χ4n) is 1.03. The van der Waals surface area contributed by atoms with E-state index in [1.807, 2.05) is 20.8 Å². The molecular weight excluding hydrogens is 212 g/mol. The molecule has 0 aromatic carbocycles. The molecule has 0 amide bonds. The minimum absolute atomic E-state index is 0.163. The van der Waals surface area contributed by atoms with Crippen LogP contribution in [0.1, 0.15) is 37.0 Å². The molecule has 15 heavy (non-hydrogen) atoms. The molecule has 0 aliphatic heterocycles. The number of aromatic carboxylic acids is 1. The summed E-state index contributed by atoms with van der Waals surface area (Å²) in [6.45, 7) is 5.98. The summed E-state index contributed by atoms with van der Waals surface area (Å²) in [6, 6.07) is 0. The SMILES string of the molecule is CSc1nc(C(C)(C)C)ncc1C(=O)O. The van der Waals surface area contributed by atoms with E-state index in [1.165, 1.54) is 18.0 Å². The fraction of sp³-hybridized carbons (Fsp3) is 0.500. The summed E-state index contributed by atoms with van der Waals surface area (Å²) in [4.78, 5) is 19.2. The number of nitrogens with zero attached hydrogens (tertiary/aromatic N) is 2. The molecule has 0 atom stereocenters. The molecule has 1 N–H and O–H groups in total. The summed E-state index contributed by atoms with van der Waals surface area (Å²) >= 11 is 1.32. The third-order valence-electron chi connectivity index (χ3n) is 1.85. The lowest BCUT2D eigenvalue weighted by molar-refractivity contribution is 0.0691. The molecule has 1 aromatic heterocycles. The molecular formula is C10H14N2O2S. The predicted octanol–water partition coefficient (Wildman–Crippen LogP) is 2.19. The van der Waals surface area contributed by atoms with E-state index in [4.69, 9.17) is 5.11 Å². The van der Waals surface area contributed by atoms with Crippen LogP contribution in [0.5, 0.6) is 0 Å². The van der Waals surface area contributed by atoms with Crippen LogP contribution < -0.4 is 0 Å². The molecule has 0 aliphatic rings. The first-order valence-electron chi connectivity index (χ1n) is 4.51. The maximum absolute atomic E-state index is 10.8. The Kier molecular flexibility index (Phi) is 3.34. The molecule has 82 valence electrons. The van der Waals surface area contributed by atoms with Crippen LogP contribution in [0.25, 0.3) is 0 Å². The van der Waals surface area contributed by atoms with Gasteiger partial charge in [-0.25, -0.2) is 14.8 Å². The molecule has 4 nitrogen and oxygen atoms in total. The number of hydrogen-bond acceptors (Lipinski definition) is 4. The Morgan fingerprint density at radius 2 is 2.07 bits per heavy atom. The van der Waals surface area contributed by atoms with Crippen LogP contribution in [0.15, 0.2) is 11.2 Å². The van der Waals surface area contributed by atoms with Gasteiger partial charge in [-0.15, -0.1) is 11.8 Å². The van der Waals surface area contributed by atoms with E-state index in [0.29, 0.717) is 10.9 Å². The van der Waals surface area contributed by atoms with Gasteiger partial charge in [0, 0.05) is 11.6 Å². The van der Waals surface area contributed by atoms with Crippen LogP contribution in [-0.2, 0) is 5.41 Å². The molecule has 0 spiro atoms. The first-order valence-corrected chi connectivity index (χ1v) is 5.73. The van der Waals surface area contributed by atoms with E-state index in [-0.39, 0.29) is 11.0 Å². The van der Waals surface area contributed by atoms with Gasteiger partial charge in [0.2, 0.25) is 0 Å². The van der Waals surface area contributed by atoms with Gasteiger partial charge in [-0.1, -0.05) is 20.8 Å². The molecule has 0 unspecified atom stereocenters. The van der Waals surface area contributed by atoms with Crippen molar-refractivity contribution in [3.05, 3.63) is 17.6 Å². The second-order valence-corrected chi connectivity index (χ2v) is 4.97. The van der Waals surface area contributed by atoms with Crippen molar-refractivity contribution >= 4 is 17.7 Å². The minimum atomic E-state index is -0.986. The molecule has 1 aromatic rings. The molecule has 0 bridgehead atoms. The predicted molar refractivity (Wildman–Crippen MR) is 59.5 cm³/mol. The fourth-order valence-corrected chi connectivity index (χ4v) is 1.57. The van der Waals surface area contributed by atoms with Gasteiger partial charge in [0.25, 0.3) is 0 Å². The Hall–Kier alpha value is -1.10. The van der Waals surface area contributed by atoms with Gasteiger partial charge in [0.1, 0.15) is 16.4 Å². The highest BCUT2D eigenvalue weighted by molar-refractivity contribution is 7.98. The van der Waals surface area contributed by atoms with Crippen molar-refractivity contribution < 1.29 is 9.90 Å². The second kappa shape index (κ2) is 4.18. The lowest BCUT2D eigenvalue weighted by Crippen LogP contribution is -2.17. The number of carbonyl (C=O) groups is 1. The molecule has 0 radical (unpaired) electrons. The molecule has 0 fully saturated rings. The van der Waals surface area contributed by atoms with E-state index in [2.05, 4.69) is 9.97 Å². The van der Waals surface area contributed by atoms with Crippen LogP contribution in [0, 0.1) is 0 Å². The Balaban J connectivity index is 3.25. The average molecular weight is 226 g/mol. The van der Waals surface area contributed by atoms with E-state index in [0.717, 1.165) is 0 Å². The minimum Gasteiger partial charge on any atom is -0.478 e. The van der Waals surface area contributed by atoms with Crippen LogP contribution in [0.2, 0.25) is 0 Å². The van der Waals surface area contributed by atoms with Gasteiger partial charge in [0.05, 0.1) is 0 Å². The molecule has 5 heteroatoms. The van der Waals surface area contributed by atoms with Gasteiger partial charge in [-0.3, -0.25) is 0 Å². The average Bonchev–Trinajstić information content (AvgIpc) is 2.15. The Labute approximate surface area is 93.1 Å². The van der Waals surface area contributed by atoms with Crippen molar-refractivity contribution in [2.75, 3.05) is 6.26 Å². The van der Waals surface area contributed by atoms with Crippen molar-refractivity contribution in [1.29, 1.82) is 0 Å². The van der Waals surface area contributed by atoms with E-state index in [9.17, 15) is 4.79 Å². The summed E-state index contributed by atoms with van der Waals surface area (Å²) in [6.07, 6.45) is 3.18. The normalized spacial score (nSPS) is 11.5. The number of hydrogen-bond donors (Lipinski definition) is 1. The maximum atomic E-state index is 10.8. The van der Waals surface area contributed by atoms with Gasteiger partial charge in [0.15, 0.2) is 0 Å². The number of aromatic nitrogens is 2. The summed E-state index contributed by atoms with van der Waals surface area (Å²) < 4.78 is 0. The molecule has 1 heterocycles. The molecule has 1 rings (SSSR count). The lowest BCUT2D eigenvalue weighted by atomic mass is 9.96. The van der Waals surface area contributed by atoms with Crippen LogP contribution in [0.4, 0.5) is 0 Å². The van der Waals surface area contributed by atoms with E-state index < -0.39 is 5.97 Å². The first kappa shape index (κ1) is 12.0. The topological polar surface area (TPSA) is 63.1 Å². The Bertz CT molecular complexity index is 385. The summed E-state index contributed by atoms with van der Waals surface area (Å²) in [5.41, 5.74) is -0.00267.